The zero-order valence-corrected chi connectivity index (χ0v) is 14.7. The van der Waals surface area contributed by atoms with Crippen molar-refractivity contribution in [1.82, 2.24) is 15.1 Å². The summed E-state index contributed by atoms with van der Waals surface area (Å²) in [6, 6.07) is 14.0. The lowest BCUT2D eigenvalue weighted by Crippen LogP contribution is -1.83. The Labute approximate surface area is 153 Å². The second-order valence-electron chi connectivity index (χ2n) is 5.67. The van der Waals surface area contributed by atoms with Crippen molar-refractivity contribution in [2.75, 3.05) is 0 Å². The molecular weight excluding hydrogens is 353 g/mol. The van der Waals surface area contributed by atoms with Gasteiger partial charge in [0.25, 0.3) is 5.22 Å². The predicted molar refractivity (Wildman–Crippen MR) is 95.9 cm³/mol. The highest BCUT2D eigenvalue weighted by Gasteiger charge is 2.12. The van der Waals surface area contributed by atoms with E-state index in [2.05, 4.69) is 15.1 Å². The molecule has 0 atom stereocenters. The quantitative estimate of drug-likeness (QED) is 0.456. The number of rotatable bonds is 5. The Morgan fingerprint density at radius 3 is 2.73 bits per heavy atom. The topological polar surface area (TPSA) is 65.0 Å². The van der Waals surface area contributed by atoms with Gasteiger partial charge >= 0.3 is 0 Å². The number of aryl methyl sites for hydroxylation is 1. The molecule has 0 saturated heterocycles. The van der Waals surface area contributed by atoms with Gasteiger partial charge < -0.3 is 8.94 Å². The second-order valence-corrected chi connectivity index (χ2v) is 6.59. The molecule has 5 nitrogen and oxygen atoms in total. The summed E-state index contributed by atoms with van der Waals surface area (Å²) in [5.74, 6) is 1.79. The molecule has 130 valence electrons. The summed E-state index contributed by atoms with van der Waals surface area (Å²) < 4.78 is 24.0. The molecule has 0 radical (unpaired) electrons. The molecule has 0 aliphatic heterocycles. The Kier molecular flexibility index (Phi) is 4.53. The van der Waals surface area contributed by atoms with Crippen LogP contribution in [0, 0.1) is 12.7 Å². The highest BCUT2D eigenvalue weighted by Crippen LogP contribution is 2.28. The maximum Gasteiger partial charge on any atom is 0.256 e. The predicted octanol–water partition coefficient (Wildman–Crippen LogP) is 5.13. The minimum Gasteiger partial charge on any atom is -0.431 e. The van der Waals surface area contributed by atoms with Crippen LogP contribution in [0.3, 0.4) is 0 Å². The molecule has 0 saturated carbocycles. The molecule has 0 fully saturated rings. The van der Waals surface area contributed by atoms with Gasteiger partial charge in [0, 0.05) is 11.1 Å². The minimum absolute atomic E-state index is 0.288. The first-order chi connectivity index (χ1) is 12.7. The average molecular weight is 367 g/mol. The van der Waals surface area contributed by atoms with Gasteiger partial charge in [0.2, 0.25) is 11.7 Å². The summed E-state index contributed by atoms with van der Waals surface area (Å²) in [7, 11) is 0. The summed E-state index contributed by atoms with van der Waals surface area (Å²) >= 11 is 1.36. The fraction of sp³-hybridized carbons (Fsp3) is 0.105. The molecule has 2 aromatic heterocycles. The third-order valence-corrected chi connectivity index (χ3v) is 4.50. The van der Waals surface area contributed by atoms with Crippen LogP contribution < -0.4 is 0 Å². The summed E-state index contributed by atoms with van der Waals surface area (Å²) in [6.45, 7) is 2.02. The highest BCUT2D eigenvalue weighted by molar-refractivity contribution is 7.98. The van der Waals surface area contributed by atoms with E-state index in [4.69, 9.17) is 8.94 Å². The van der Waals surface area contributed by atoms with Crippen molar-refractivity contribution in [2.45, 2.75) is 17.9 Å². The Hall–Kier alpha value is -2.93. The zero-order chi connectivity index (χ0) is 17.9. The number of oxazole rings is 1. The largest absolute Gasteiger partial charge is 0.431 e. The van der Waals surface area contributed by atoms with E-state index < -0.39 is 0 Å². The van der Waals surface area contributed by atoms with Crippen LogP contribution >= 0.6 is 11.8 Å². The SMILES string of the molecule is Cc1cccc(-c2noc(CSc3ncc(-c4ccc(F)cc4)o3)n2)c1. The van der Waals surface area contributed by atoms with Crippen molar-refractivity contribution in [3.8, 4) is 22.7 Å². The third-order valence-electron chi connectivity index (χ3n) is 3.68. The van der Waals surface area contributed by atoms with E-state index in [0.717, 1.165) is 16.7 Å². The van der Waals surface area contributed by atoms with E-state index in [0.29, 0.717) is 28.5 Å². The zero-order valence-electron chi connectivity index (χ0n) is 13.8. The highest BCUT2D eigenvalue weighted by atomic mass is 32.2. The molecule has 4 rings (SSSR count). The third kappa shape index (κ3) is 3.67. The number of hydrogen-bond donors (Lipinski definition) is 0. The fourth-order valence-corrected chi connectivity index (χ4v) is 3.05. The van der Waals surface area contributed by atoms with Gasteiger partial charge in [0.15, 0.2) is 5.76 Å². The van der Waals surface area contributed by atoms with Gasteiger partial charge in [-0.1, -0.05) is 40.7 Å². The Bertz CT molecular complexity index is 1030. The van der Waals surface area contributed by atoms with Crippen LogP contribution in [0.25, 0.3) is 22.7 Å². The van der Waals surface area contributed by atoms with E-state index in [9.17, 15) is 4.39 Å². The van der Waals surface area contributed by atoms with Gasteiger partial charge in [0.05, 0.1) is 11.9 Å². The minimum atomic E-state index is -0.288. The fourth-order valence-electron chi connectivity index (χ4n) is 2.41. The average Bonchev–Trinajstić information content (AvgIpc) is 3.30. The molecule has 2 heterocycles. The van der Waals surface area contributed by atoms with Crippen LogP contribution in [0.15, 0.2) is 68.9 Å². The van der Waals surface area contributed by atoms with Crippen molar-refractivity contribution in [2.24, 2.45) is 0 Å². The molecule has 0 unspecified atom stereocenters. The van der Waals surface area contributed by atoms with Crippen LogP contribution in [0.5, 0.6) is 0 Å². The Balaban J connectivity index is 1.43. The lowest BCUT2D eigenvalue weighted by Gasteiger charge is -1.96. The molecule has 2 aromatic carbocycles. The molecule has 0 aliphatic carbocycles. The van der Waals surface area contributed by atoms with E-state index in [1.54, 1.807) is 18.3 Å². The lowest BCUT2D eigenvalue weighted by atomic mass is 10.1. The molecule has 0 aliphatic rings. The van der Waals surface area contributed by atoms with Gasteiger partial charge in [-0.05, 0) is 37.3 Å². The van der Waals surface area contributed by atoms with Gasteiger partial charge in [-0.25, -0.2) is 9.37 Å². The number of halogens is 1. The monoisotopic (exact) mass is 367 g/mol. The van der Waals surface area contributed by atoms with Gasteiger partial charge in [-0.15, -0.1) is 0 Å². The van der Waals surface area contributed by atoms with Crippen LogP contribution in [-0.4, -0.2) is 15.1 Å². The molecule has 26 heavy (non-hydrogen) atoms. The van der Waals surface area contributed by atoms with Gasteiger partial charge in [-0.2, -0.15) is 4.98 Å². The molecule has 0 amide bonds. The molecular formula is C19H14FN3O2S. The molecule has 0 bridgehead atoms. The number of benzene rings is 2. The number of hydrogen-bond acceptors (Lipinski definition) is 6. The van der Waals surface area contributed by atoms with E-state index >= 15 is 0 Å². The van der Waals surface area contributed by atoms with Gasteiger partial charge in [-0.3, -0.25) is 0 Å². The maximum atomic E-state index is 13.0. The Morgan fingerprint density at radius 1 is 1.08 bits per heavy atom. The van der Waals surface area contributed by atoms with Crippen LogP contribution in [0.4, 0.5) is 4.39 Å². The maximum absolute atomic E-state index is 13.0. The standard InChI is InChI=1S/C19H14FN3O2S/c1-12-3-2-4-14(9-12)18-22-17(25-23-18)11-26-19-21-10-16(24-19)13-5-7-15(20)8-6-13/h2-10H,11H2,1H3. The summed E-state index contributed by atoms with van der Waals surface area (Å²) in [5, 5.41) is 4.50. The van der Waals surface area contributed by atoms with E-state index in [-0.39, 0.29) is 5.82 Å². The van der Waals surface area contributed by atoms with Crippen molar-refractivity contribution >= 4 is 11.8 Å². The Morgan fingerprint density at radius 2 is 1.92 bits per heavy atom. The van der Waals surface area contributed by atoms with Crippen LogP contribution in [-0.2, 0) is 5.75 Å². The number of nitrogens with zero attached hydrogens (tertiary/aromatic N) is 3. The smallest absolute Gasteiger partial charge is 0.256 e. The molecule has 4 aromatic rings. The van der Waals surface area contributed by atoms with Crippen molar-refractivity contribution in [3.05, 3.63) is 72.0 Å². The van der Waals surface area contributed by atoms with E-state index in [1.807, 2.05) is 31.2 Å². The van der Waals surface area contributed by atoms with Crippen molar-refractivity contribution < 1.29 is 13.3 Å². The summed E-state index contributed by atoms with van der Waals surface area (Å²) in [4.78, 5) is 8.62. The first kappa shape index (κ1) is 16.5. The van der Waals surface area contributed by atoms with Crippen molar-refractivity contribution in [3.63, 3.8) is 0 Å². The van der Waals surface area contributed by atoms with Crippen LogP contribution in [0.2, 0.25) is 0 Å². The second kappa shape index (κ2) is 7.13. The number of aromatic nitrogens is 3. The summed E-state index contributed by atoms with van der Waals surface area (Å²) in [6.07, 6.45) is 1.61. The van der Waals surface area contributed by atoms with Crippen LogP contribution in [0.1, 0.15) is 11.5 Å². The van der Waals surface area contributed by atoms with Gasteiger partial charge in [0.1, 0.15) is 5.82 Å². The summed E-state index contributed by atoms with van der Waals surface area (Å²) in [5.41, 5.74) is 2.82. The molecule has 0 spiro atoms. The first-order valence-corrected chi connectivity index (χ1v) is 8.90. The number of thioether (sulfide) groups is 1. The molecule has 7 heteroatoms. The first-order valence-electron chi connectivity index (χ1n) is 7.91. The normalized spacial score (nSPS) is 11.0. The van der Waals surface area contributed by atoms with E-state index in [1.165, 1.54) is 23.9 Å². The van der Waals surface area contributed by atoms with Crippen molar-refractivity contribution in [1.29, 1.82) is 0 Å². The molecule has 0 N–H and O–H groups in total. The lowest BCUT2D eigenvalue weighted by molar-refractivity contribution is 0.391.